The Bertz CT molecular complexity index is 893. The Kier molecular flexibility index (Phi) is 5.25. The van der Waals surface area contributed by atoms with Crippen LogP contribution in [0, 0.1) is 17.8 Å². The van der Waals surface area contributed by atoms with Crippen LogP contribution in [-0.4, -0.2) is 31.6 Å². The number of amides is 1. The summed E-state index contributed by atoms with van der Waals surface area (Å²) in [7, 11) is 1.52. The summed E-state index contributed by atoms with van der Waals surface area (Å²) in [6.45, 7) is 1.79. The number of esters is 1. The first-order valence-corrected chi connectivity index (χ1v) is 10.1. The molecule has 0 unspecified atom stereocenters. The molecule has 4 atom stereocenters. The standard InChI is InChI=1S/C23H27NO4/c1-14(19-10-15-7-8-18(19)9-15)24-22(25)13-28-23(26)20-11-16-5-3-4-6-17(16)12-21(20)27-2/h3-6,11-12,14-15,18-19H,7-10,13H2,1-2H3,(H,24,25)/t14-,15+,18+,19+/m1/s1. The van der Waals surface area contributed by atoms with Gasteiger partial charge in [0.2, 0.25) is 0 Å². The normalized spacial score (nSPS) is 24.1. The molecule has 2 aromatic carbocycles. The number of hydrogen-bond acceptors (Lipinski definition) is 4. The van der Waals surface area contributed by atoms with Crippen LogP contribution in [0.1, 0.15) is 43.0 Å². The number of nitrogens with one attached hydrogen (secondary N) is 1. The smallest absolute Gasteiger partial charge is 0.342 e. The lowest BCUT2D eigenvalue weighted by Gasteiger charge is -2.28. The molecule has 2 bridgehead atoms. The fourth-order valence-electron chi connectivity index (χ4n) is 5.07. The Morgan fingerprint density at radius 2 is 1.89 bits per heavy atom. The van der Waals surface area contributed by atoms with Gasteiger partial charge in [-0.1, -0.05) is 30.7 Å². The van der Waals surface area contributed by atoms with Gasteiger partial charge < -0.3 is 14.8 Å². The summed E-state index contributed by atoms with van der Waals surface area (Å²) in [6, 6.07) is 11.4. The Balaban J connectivity index is 1.36. The lowest BCUT2D eigenvalue weighted by molar-refractivity contribution is -0.125. The Hall–Kier alpha value is -2.56. The summed E-state index contributed by atoms with van der Waals surface area (Å²) >= 11 is 0. The number of hydrogen-bond donors (Lipinski definition) is 1. The third kappa shape index (κ3) is 3.71. The van der Waals surface area contributed by atoms with Crippen molar-refractivity contribution in [3.8, 4) is 5.75 Å². The first-order chi connectivity index (χ1) is 13.5. The molecule has 1 amide bonds. The Labute approximate surface area is 165 Å². The number of carbonyl (C=O) groups excluding carboxylic acids is 2. The molecule has 0 heterocycles. The summed E-state index contributed by atoms with van der Waals surface area (Å²) in [5, 5.41) is 4.93. The van der Waals surface area contributed by atoms with Crippen molar-refractivity contribution in [3.05, 3.63) is 42.0 Å². The molecule has 5 heteroatoms. The van der Waals surface area contributed by atoms with Crippen molar-refractivity contribution < 1.29 is 19.1 Å². The van der Waals surface area contributed by atoms with E-state index in [1.54, 1.807) is 6.07 Å². The van der Waals surface area contributed by atoms with Gasteiger partial charge in [-0.25, -0.2) is 4.79 Å². The predicted octanol–water partition coefficient (Wildman–Crippen LogP) is 3.95. The van der Waals surface area contributed by atoms with Crippen LogP contribution in [0.25, 0.3) is 10.8 Å². The van der Waals surface area contributed by atoms with E-state index in [9.17, 15) is 9.59 Å². The Morgan fingerprint density at radius 3 is 2.54 bits per heavy atom. The highest BCUT2D eigenvalue weighted by atomic mass is 16.5. The van der Waals surface area contributed by atoms with E-state index in [1.807, 2.05) is 30.3 Å². The van der Waals surface area contributed by atoms with Crippen molar-refractivity contribution in [1.82, 2.24) is 5.32 Å². The maximum atomic E-state index is 12.5. The van der Waals surface area contributed by atoms with Crippen LogP contribution in [0.15, 0.2) is 36.4 Å². The van der Waals surface area contributed by atoms with E-state index >= 15 is 0 Å². The van der Waals surface area contributed by atoms with Gasteiger partial charge in [-0.2, -0.15) is 0 Å². The van der Waals surface area contributed by atoms with E-state index in [0.29, 0.717) is 17.2 Å². The predicted molar refractivity (Wildman–Crippen MR) is 107 cm³/mol. The van der Waals surface area contributed by atoms with Gasteiger partial charge in [0.1, 0.15) is 11.3 Å². The first kappa shape index (κ1) is 18.8. The van der Waals surface area contributed by atoms with Gasteiger partial charge in [0.05, 0.1) is 7.11 Å². The molecule has 2 fully saturated rings. The zero-order valence-corrected chi connectivity index (χ0v) is 16.4. The summed E-state index contributed by atoms with van der Waals surface area (Å²) in [6.07, 6.45) is 5.14. The number of ether oxygens (including phenoxy) is 2. The number of methoxy groups -OCH3 is 1. The minimum Gasteiger partial charge on any atom is -0.496 e. The van der Waals surface area contributed by atoms with E-state index in [0.717, 1.165) is 22.6 Å². The molecular formula is C23H27NO4. The monoisotopic (exact) mass is 381 g/mol. The van der Waals surface area contributed by atoms with Crippen molar-refractivity contribution in [2.75, 3.05) is 13.7 Å². The molecule has 0 aliphatic heterocycles. The van der Waals surface area contributed by atoms with Crippen LogP contribution >= 0.6 is 0 Å². The van der Waals surface area contributed by atoms with Gasteiger partial charge in [0.25, 0.3) is 5.91 Å². The second-order valence-corrected chi connectivity index (χ2v) is 8.17. The topological polar surface area (TPSA) is 64.6 Å². The number of benzene rings is 2. The van der Waals surface area contributed by atoms with Gasteiger partial charge in [0, 0.05) is 6.04 Å². The summed E-state index contributed by atoms with van der Waals surface area (Å²) < 4.78 is 10.6. The molecule has 2 aliphatic rings. The van der Waals surface area contributed by atoms with Gasteiger partial charge in [0.15, 0.2) is 6.61 Å². The average molecular weight is 381 g/mol. The quantitative estimate of drug-likeness (QED) is 0.770. The SMILES string of the molecule is COc1cc2ccccc2cc1C(=O)OCC(=O)N[C@H](C)[C@@H]1C[C@H]2CC[C@H]1C2. The second-order valence-electron chi connectivity index (χ2n) is 8.17. The zero-order chi connectivity index (χ0) is 19.7. The first-order valence-electron chi connectivity index (χ1n) is 10.1. The Morgan fingerprint density at radius 1 is 1.14 bits per heavy atom. The molecule has 1 N–H and O–H groups in total. The molecule has 0 saturated heterocycles. The van der Waals surface area contributed by atoms with Gasteiger partial charge in [-0.15, -0.1) is 0 Å². The molecule has 5 nitrogen and oxygen atoms in total. The number of rotatable bonds is 6. The molecule has 4 rings (SSSR count). The molecular weight excluding hydrogens is 354 g/mol. The van der Waals surface area contributed by atoms with E-state index in [4.69, 9.17) is 9.47 Å². The van der Waals surface area contributed by atoms with Crippen LogP contribution in [0.5, 0.6) is 5.75 Å². The molecule has 0 aromatic heterocycles. The molecule has 2 aromatic rings. The molecule has 2 aliphatic carbocycles. The van der Waals surface area contributed by atoms with Crippen molar-refractivity contribution in [2.45, 2.75) is 38.6 Å². The fourth-order valence-corrected chi connectivity index (χ4v) is 5.07. The fraction of sp³-hybridized carbons (Fsp3) is 0.478. The summed E-state index contributed by atoms with van der Waals surface area (Å²) in [5.74, 6) is 1.78. The third-order valence-electron chi connectivity index (χ3n) is 6.45. The van der Waals surface area contributed by atoms with E-state index in [1.165, 1.54) is 32.8 Å². The third-order valence-corrected chi connectivity index (χ3v) is 6.45. The van der Waals surface area contributed by atoms with Gasteiger partial charge in [-0.05, 0) is 66.8 Å². The lowest BCUT2D eigenvalue weighted by Crippen LogP contribution is -2.42. The molecule has 148 valence electrons. The molecule has 2 saturated carbocycles. The number of fused-ring (bicyclic) bond motifs is 3. The van der Waals surface area contributed by atoms with Crippen LogP contribution in [0.3, 0.4) is 0 Å². The summed E-state index contributed by atoms with van der Waals surface area (Å²) in [5.41, 5.74) is 0.329. The van der Waals surface area contributed by atoms with Gasteiger partial charge >= 0.3 is 5.97 Å². The van der Waals surface area contributed by atoms with Crippen LogP contribution < -0.4 is 10.1 Å². The molecule has 0 spiro atoms. The van der Waals surface area contributed by atoms with Crippen molar-refractivity contribution in [3.63, 3.8) is 0 Å². The highest BCUT2D eigenvalue weighted by molar-refractivity contribution is 5.99. The summed E-state index contributed by atoms with van der Waals surface area (Å²) in [4.78, 5) is 24.8. The van der Waals surface area contributed by atoms with Crippen LogP contribution in [0.2, 0.25) is 0 Å². The second kappa shape index (κ2) is 7.82. The van der Waals surface area contributed by atoms with Crippen molar-refractivity contribution in [2.24, 2.45) is 17.8 Å². The van der Waals surface area contributed by atoms with Crippen LogP contribution in [0.4, 0.5) is 0 Å². The maximum absolute atomic E-state index is 12.5. The van der Waals surface area contributed by atoms with Crippen molar-refractivity contribution in [1.29, 1.82) is 0 Å². The zero-order valence-electron chi connectivity index (χ0n) is 16.4. The highest BCUT2D eigenvalue weighted by Crippen LogP contribution is 2.49. The maximum Gasteiger partial charge on any atom is 0.342 e. The van der Waals surface area contributed by atoms with Gasteiger partial charge in [-0.3, -0.25) is 4.79 Å². The lowest BCUT2D eigenvalue weighted by atomic mass is 9.84. The number of carbonyl (C=O) groups is 2. The van der Waals surface area contributed by atoms with E-state index in [2.05, 4.69) is 12.2 Å². The van der Waals surface area contributed by atoms with E-state index < -0.39 is 5.97 Å². The minimum atomic E-state index is -0.551. The van der Waals surface area contributed by atoms with E-state index in [-0.39, 0.29) is 18.6 Å². The minimum absolute atomic E-state index is 0.122. The van der Waals surface area contributed by atoms with Crippen molar-refractivity contribution >= 4 is 22.6 Å². The average Bonchev–Trinajstić information content (AvgIpc) is 3.34. The highest BCUT2D eigenvalue weighted by Gasteiger charge is 2.42. The molecule has 0 radical (unpaired) electrons. The largest absolute Gasteiger partial charge is 0.496 e. The van der Waals surface area contributed by atoms with Crippen LogP contribution in [-0.2, 0) is 9.53 Å². The molecule has 28 heavy (non-hydrogen) atoms.